The summed E-state index contributed by atoms with van der Waals surface area (Å²) in [7, 11) is 0. The van der Waals surface area contributed by atoms with Gasteiger partial charge in [-0.15, -0.1) is 0 Å². The number of aromatic nitrogens is 4. The number of carbonyl (C=O) groups is 1. The Labute approximate surface area is 177 Å². The molecule has 5 rings (SSSR count). The fraction of sp³-hybridized carbons (Fsp3) is 0.227. The third-order valence-corrected chi connectivity index (χ3v) is 5.91. The van der Waals surface area contributed by atoms with Gasteiger partial charge in [0.1, 0.15) is 11.4 Å². The first-order chi connectivity index (χ1) is 14.4. The Kier molecular flexibility index (Phi) is 4.29. The van der Waals surface area contributed by atoms with Crippen molar-refractivity contribution in [3.05, 3.63) is 81.4 Å². The summed E-state index contributed by atoms with van der Waals surface area (Å²) in [6, 6.07) is 8.96. The minimum absolute atomic E-state index is 0.125. The van der Waals surface area contributed by atoms with Crippen LogP contribution in [-0.4, -0.2) is 36.0 Å². The summed E-state index contributed by atoms with van der Waals surface area (Å²) in [6.07, 6.45) is 5.32. The molecule has 4 aromatic rings. The molecule has 1 aliphatic heterocycles. The molecule has 7 nitrogen and oxygen atoms in total. The molecule has 1 atom stereocenters. The fourth-order valence-corrected chi connectivity index (χ4v) is 4.27. The van der Waals surface area contributed by atoms with E-state index in [1.54, 1.807) is 33.8 Å². The van der Waals surface area contributed by atoms with Crippen molar-refractivity contribution in [1.82, 2.24) is 24.0 Å². The van der Waals surface area contributed by atoms with Crippen LogP contribution < -0.4 is 5.56 Å². The summed E-state index contributed by atoms with van der Waals surface area (Å²) in [5.74, 6) is -0.150. The zero-order valence-electron chi connectivity index (χ0n) is 16.6. The molecular weight excluding hydrogens is 402 g/mol. The summed E-state index contributed by atoms with van der Waals surface area (Å²) < 4.78 is 3.27. The van der Waals surface area contributed by atoms with Crippen LogP contribution in [0.25, 0.3) is 16.6 Å². The lowest BCUT2D eigenvalue weighted by Crippen LogP contribution is -2.49. The number of halogens is 1. The molecule has 0 fully saturated rings. The van der Waals surface area contributed by atoms with Crippen molar-refractivity contribution >= 4 is 28.4 Å². The predicted octanol–water partition coefficient (Wildman–Crippen LogP) is 3.52. The number of H-pyrrole nitrogens is 1. The van der Waals surface area contributed by atoms with Crippen LogP contribution in [0.15, 0.2) is 53.8 Å². The molecule has 0 aliphatic carbocycles. The van der Waals surface area contributed by atoms with E-state index < -0.39 is 0 Å². The number of fused-ring (bicyclic) bond motifs is 2. The van der Waals surface area contributed by atoms with Gasteiger partial charge in [-0.05, 0) is 43.7 Å². The summed E-state index contributed by atoms with van der Waals surface area (Å²) in [4.78, 5) is 35.6. The largest absolute Gasteiger partial charge is 0.361 e. The lowest BCUT2D eigenvalue weighted by Gasteiger charge is -2.35. The fourth-order valence-electron chi connectivity index (χ4n) is 4.09. The maximum absolute atomic E-state index is 13.3. The zero-order chi connectivity index (χ0) is 21.0. The molecule has 0 radical (unpaired) electrons. The summed E-state index contributed by atoms with van der Waals surface area (Å²) in [6.45, 7) is 4.73. The highest BCUT2D eigenvalue weighted by molar-refractivity contribution is 6.31. The number of amides is 1. The van der Waals surface area contributed by atoms with Crippen LogP contribution >= 0.6 is 11.6 Å². The number of benzene rings is 1. The highest BCUT2D eigenvalue weighted by Gasteiger charge is 2.31. The monoisotopic (exact) mass is 421 g/mol. The molecular formula is C22H20ClN5O2. The average Bonchev–Trinajstić information content (AvgIpc) is 3.32. The molecule has 0 saturated heterocycles. The lowest BCUT2D eigenvalue weighted by molar-refractivity contribution is 0.0591. The van der Waals surface area contributed by atoms with Gasteiger partial charge in [-0.2, -0.15) is 0 Å². The van der Waals surface area contributed by atoms with Crippen LogP contribution in [0.5, 0.6) is 0 Å². The number of pyridine rings is 1. The van der Waals surface area contributed by atoms with Crippen molar-refractivity contribution in [2.24, 2.45) is 0 Å². The van der Waals surface area contributed by atoms with E-state index in [1.165, 1.54) is 0 Å². The van der Waals surface area contributed by atoms with E-state index >= 15 is 0 Å². The maximum Gasteiger partial charge on any atom is 0.275 e. The highest BCUT2D eigenvalue weighted by atomic mass is 35.5. The maximum atomic E-state index is 13.3. The van der Waals surface area contributed by atoms with Crippen molar-refractivity contribution in [3.63, 3.8) is 0 Å². The minimum atomic E-state index is -0.188. The molecule has 3 aromatic heterocycles. The second-order valence-corrected chi connectivity index (χ2v) is 8.16. The summed E-state index contributed by atoms with van der Waals surface area (Å²) >= 11 is 6.07. The van der Waals surface area contributed by atoms with E-state index in [1.807, 2.05) is 43.1 Å². The van der Waals surface area contributed by atoms with E-state index in [0.717, 1.165) is 22.2 Å². The van der Waals surface area contributed by atoms with Gasteiger partial charge < -0.3 is 19.0 Å². The topological polar surface area (TPSA) is 75.9 Å². The van der Waals surface area contributed by atoms with Gasteiger partial charge in [0.05, 0.1) is 12.0 Å². The highest BCUT2D eigenvalue weighted by Crippen LogP contribution is 2.26. The van der Waals surface area contributed by atoms with Crippen LogP contribution in [0.4, 0.5) is 0 Å². The van der Waals surface area contributed by atoms with Gasteiger partial charge >= 0.3 is 0 Å². The van der Waals surface area contributed by atoms with Crippen LogP contribution in [0.1, 0.15) is 28.7 Å². The van der Waals surface area contributed by atoms with E-state index in [2.05, 4.69) is 9.97 Å². The molecule has 0 unspecified atom stereocenters. The average molecular weight is 422 g/mol. The Balaban J connectivity index is 1.50. The third kappa shape index (κ3) is 2.93. The number of aryl methyl sites for hydroxylation is 1. The molecule has 1 aliphatic rings. The van der Waals surface area contributed by atoms with Crippen molar-refractivity contribution < 1.29 is 4.79 Å². The first kappa shape index (κ1) is 18.7. The molecule has 1 aromatic carbocycles. The van der Waals surface area contributed by atoms with Gasteiger partial charge in [0.2, 0.25) is 0 Å². The molecule has 1 amide bonds. The van der Waals surface area contributed by atoms with Gasteiger partial charge in [-0.1, -0.05) is 17.7 Å². The smallest absolute Gasteiger partial charge is 0.275 e. The molecule has 0 bridgehead atoms. The number of imidazole rings is 1. The Hall–Kier alpha value is -3.32. The molecule has 0 spiro atoms. The van der Waals surface area contributed by atoms with Gasteiger partial charge in [0.15, 0.2) is 0 Å². The minimum Gasteiger partial charge on any atom is -0.361 e. The standard InChI is InChI=1S/C22H20ClN5O2/c1-13-9-26(12-25-13)19-5-6-20-22(30)27(14(2)10-28(20)21(19)29)11-15-8-24-18-7-16(23)3-4-17(15)18/h3-9,12,14,24H,10-11H2,1-2H3/t14-/m1/s1. The quantitative estimate of drug-likeness (QED) is 0.550. The number of rotatable bonds is 3. The number of nitrogens with zero attached hydrogens (tertiary/aromatic N) is 4. The predicted molar refractivity (Wildman–Crippen MR) is 115 cm³/mol. The number of hydrogen-bond donors (Lipinski definition) is 1. The molecule has 8 heteroatoms. The number of carbonyl (C=O) groups excluding carboxylic acids is 1. The number of hydrogen-bond acceptors (Lipinski definition) is 3. The normalized spacial score (nSPS) is 16.3. The first-order valence-corrected chi connectivity index (χ1v) is 10.1. The van der Waals surface area contributed by atoms with Crippen molar-refractivity contribution in [2.45, 2.75) is 33.0 Å². The van der Waals surface area contributed by atoms with Crippen LogP contribution in [0.3, 0.4) is 0 Å². The molecule has 30 heavy (non-hydrogen) atoms. The molecule has 0 saturated carbocycles. The van der Waals surface area contributed by atoms with Crippen LogP contribution in [-0.2, 0) is 13.1 Å². The zero-order valence-corrected chi connectivity index (χ0v) is 17.3. The van der Waals surface area contributed by atoms with Gasteiger partial charge in [-0.25, -0.2) is 4.98 Å². The lowest BCUT2D eigenvalue weighted by atomic mass is 10.1. The third-order valence-electron chi connectivity index (χ3n) is 5.67. The van der Waals surface area contributed by atoms with Crippen LogP contribution in [0, 0.1) is 6.92 Å². The SMILES string of the molecule is Cc1cn(-c2ccc3n(c2=O)C[C@@H](C)N(Cc2c[nH]c4cc(Cl)ccc24)C3=O)cn1. The van der Waals surface area contributed by atoms with Crippen LogP contribution in [0.2, 0.25) is 5.02 Å². The van der Waals surface area contributed by atoms with Gasteiger partial charge in [0, 0.05) is 47.5 Å². The molecule has 1 N–H and O–H groups in total. The Morgan fingerprint density at radius 1 is 1.23 bits per heavy atom. The number of aromatic amines is 1. The van der Waals surface area contributed by atoms with E-state index in [9.17, 15) is 9.59 Å². The summed E-state index contributed by atoms with van der Waals surface area (Å²) in [5, 5.41) is 1.70. The van der Waals surface area contributed by atoms with Crippen molar-refractivity contribution in [2.75, 3.05) is 0 Å². The van der Waals surface area contributed by atoms with Crippen molar-refractivity contribution in [1.29, 1.82) is 0 Å². The van der Waals surface area contributed by atoms with Gasteiger partial charge in [-0.3, -0.25) is 9.59 Å². The first-order valence-electron chi connectivity index (χ1n) is 9.73. The van der Waals surface area contributed by atoms with Crippen molar-refractivity contribution in [3.8, 4) is 5.69 Å². The van der Waals surface area contributed by atoms with E-state index in [4.69, 9.17) is 11.6 Å². The Morgan fingerprint density at radius 2 is 2.07 bits per heavy atom. The Morgan fingerprint density at radius 3 is 2.83 bits per heavy atom. The molecule has 152 valence electrons. The molecule has 4 heterocycles. The summed E-state index contributed by atoms with van der Waals surface area (Å²) in [5.41, 5.74) is 3.48. The second-order valence-electron chi connectivity index (χ2n) is 7.73. The Bertz CT molecular complexity index is 1350. The number of nitrogens with one attached hydrogen (secondary N) is 1. The van der Waals surface area contributed by atoms with Gasteiger partial charge in [0.25, 0.3) is 11.5 Å². The van der Waals surface area contributed by atoms with E-state index in [-0.39, 0.29) is 17.5 Å². The van der Waals surface area contributed by atoms with E-state index in [0.29, 0.717) is 29.5 Å². The second kappa shape index (κ2) is 6.88.